The van der Waals surface area contributed by atoms with Crippen LogP contribution in [0.4, 0.5) is 0 Å². The third kappa shape index (κ3) is 4.63. The topological polar surface area (TPSA) is 0 Å². The Hall–Kier alpha value is 0.930. The van der Waals surface area contributed by atoms with E-state index in [0.29, 0.717) is 0 Å². The fraction of sp³-hybridized carbons (Fsp3) is 0.636. The van der Waals surface area contributed by atoms with E-state index in [4.69, 9.17) is 0 Å². The van der Waals surface area contributed by atoms with Crippen molar-refractivity contribution in [2.75, 3.05) is 0 Å². The number of hydrogen-bond acceptors (Lipinski definition) is 0. The van der Waals surface area contributed by atoms with Crippen LogP contribution >= 0.6 is 0 Å². The van der Waals surface area contributed by atoms with E-state index in [0.717, 1.165) is 12.8 Å². The van der Waals surface area contributed by atoms with E-state index in [1.54, 1.807) is 11.1 Å². The monoisotopic (exact) mass is 399 g/mol. The van der Waals surface area contributed by atoms with Crippen LogP contribution in [-0.4, -0.2) is 0 Å². The molecule has 0 atom stereocenters. The van der Waals surface area contributed by atoms with Gasteiger partial charge < -0.3 is 24.8 Å². The van der Waals surface area contributed by atoms with E-state index < -0.39 is 0 Å². The van der Waals surface area contributed by atoms with E-state index in [-0.39, 0.29) is 50.7 Å². The summed E-state index contributed by atoms with van der Waals surface area (Å²) in [5, 5.41) is 0. The maximum atomic E-state index is 3.45. The molecule has 0 aromatic rings. The van der Waals surface area contributed by atoms with Crippen molar-refractivity contribution in [3.63, 3.8) is 0 Å². The first-order chi connectivity index (χ1) is 5.33. The Labute approximate surface area is 119 Å². The van der Waals surface area contributed by atoms with Gasteiger partial charge in [-0.3, -0.25) is 6.08 Å². The molecule has 3 heteroatoms. The molecule has 0 unspecified atom stereocenters. The molecule has 0 aromatic heterocycles. The molecule has 0 aromatic carbocycles. The fourth-order valence-corrected chi connectivity index (χ4v) is 1.78. The predicted octanol–water partition coefficient (Wildman–Crippen LogP) is -2.35. The first-order valence-corrected chi connectivity index (χ1v) is 4.64. The molecule has 82 valence electrons. The Balaban J connectivity index is -0.000000403. The number of hydrogen-bond donors (Lipinski definition) is 0. The maximum Gasteiger partial charge on any atom is 0 e. The SMILES string of the molecule is CCC1=[C-]CC(CC)=C1CC.[Cl-].[Cl-].[Hf]. The molecule has 0 N–H and O–H groups in total. The van der Waals surface area contributed by atoms with Crippen molar-refractivity contribution in [1.82, 2.24) is 0 Å². The molecule has 0 spiro atoms. The Morgan fingerprint density at radius 3 is 1.93 bits per heavy atom. The van der Waals surface area contributed by atoms with Gasteiger partial charge >= 0.3 is 0 Å². The molecular formula is C11H17Cl2Hf-3. The molecule has 0 radical (unpaired) electrons. The van der Waals surface area contributed by atoms with Gasteiger partial charge in [-0.25, -0.2) is 5.57 Å². The fourth-order valence-electron chi connectivity index (χ4n) is 1.78. The summed E-state index contributed by atoms with van der Waals surface area (Å²) in [7, 11) is 0. The van der Waals surface area contributed by atoms with Crippen molar-refractivity contribution >= 4 is 0 Å². The van der Waals surface area contributed by atoms with Gasteiger partial charge in [0.1, 0.15) is 0 Å². The zero-order valence-corrected chi connectivity index (χ0v) is 14.2. The van der Waals surface area contributed by atoms with Gasteiger partial charge in [0, 0.05) is 25.8 Å². The van der Waals surface area contributed by atoms with Crippen LogP contribution in [0.3, 0.4) is 0 Å². The Bertz CT molecular complexity index is 207. The molecule has 0 heterocycles. The smallest absolute Gasteiger partial charge is 0 e. The van der Waals surface area contributed by atoms with Crippen molar-refractivity contribution in [2.45, 2.75) is 46.5 Å². The molecule has 14 heavy (non-hydrogen) atoms. The van der Waals surface area contributed by atoms with Gasteiger partial charge in [0.25, 0.3) is 0 Å². The summed E-state index contributed by atoms with van der Waals surface area (Å²) in [5.74, 6) is 0. The van der Waals surface area contributed by atoms with Crippen LogP contribution in [0.1, 0.15) is 46.5 Å². The number of allylic oxidation sites excluding steroid dienone is 4. The van der Waals surface area contributed by atoms with E-state index in [9.17, 15) is 0 Å². The third-order valence-corrected chi connectivity index (χ3v) is 2.44. The molecular weight excluding hydrogens is 382 g/mol. The molecule has 0 saturated heterocycles. The van der Waals surface area contributed by atoms with E-state index in [2.05, 4.69) is 26.8 Å². The zero-order chi connectivity index (χ0) is 8.27. The molecule has 0 amide bonds. The van der Waals surface area contributed by atoms with Crippen LogP contribution in [0.15, 0.2) is 16.7 Å². The molecule has 0 nitrogen and oxygen atoms in total. The van der Waals surface area contributed by atoms with E-state index in [1.807, 2.05) is 0 Å². The average Bonchev–Trinajstić information content (AvgIpc) is 2.45. The maximum absolute atomic E-state index is 3.45. The van der Waals surface area contributed by atoms with Crippen LogP contribution in [0.5, 0.6) is 0 Å². The minimum absolute atomic E-state index is 0. The molecule has 1 aliphatic rings. The largest absolute Gasteiger partial charge is 1.00 e. The molecule has 1 aliphatic carbocycles. The van der Waals surface area contributed by atoms with Gasteiger partial charge in [0.2, 0.25) is 0 Å². The standard InChI is InChI=1S/C11H17.2ClH.Hf/c1-4-9-7-8-10(5-2)11(9)6-3;;;/h4-7H2,1-3H3;2*1H;/q-1;;;/p-2. The summed E-state index contributed by atoms with van der Waals surface area (Å²) >= 11 is 0. The second-order valence-electron chi connectivity index (χ2n) is 2.97. The van der Waals surface area contributed by atoms with Gasteiger partial charge in [0.05, 0.1) is 0 Å². The van der Waals surface area contributed by atoms with Gasteiger partial charge in [-0.1, -0.05) is 40.0 Å². The summed E-state index contributed by atoms with van der Waals surface area (Å²) in [6.07, 6.45) is 8.11. The van der Waals surface area contributed by atoms with Crippen molar-refractivity contribution in [3.8, 4) is 0 Å². The third-order valence-electron chi connectivity index (χ3n) is 2.44. The molecule has 1 rings (SSSR count). The molecule has 0 saturated carbocycles. The van der Waals surface area contributed by atoms with Crippen molar-refractivity contribution in [3.05, 3.63) is 22.8 Å². The van der Waals surface area contributed by atoms with E-state index >= 15 is 0 Å². The van der Waals surface area contributed by atoms with Gasteiger partial charge in [0.15, 0.2) is 0 Å². The second kappa shape index (κ2) is 10.4. The summed E-state index contributed by atoms with van der Waals surface area (Å²) in [5.41, 5.74) is 4.68. The van der Waals surface area contributed by atoms with Crippen LogP contribution in [0, 0.1) is 6.08 Å². The first kappa shape index (κ1) is 20.4. The summed E-state index contributed by atoms with van der Waals surface area (Å²) < 4.78 is 0. The Kier molecular flexibility index (Phi) is 15.2. The van der Waals surface area contributed by atoms with Crippen molar-refractivity contribution in [1.29, 1.82) is 0 Å². The second-order valence-corrected chi connectivity index (χ2v) is 2.97. The van der Waals surface area contributed by atoms with Gasteiger partial charge in [-0.05, 0) is 0 Å². The predicted molar refractivity (Wildman–Crippen MR) is 49.3 cm³/mol. The summed E-state index contributed by atoms with van der Waals surface area (Å²) in [6.45, 7) is 6.70. The minimum atomic E-state index is 0. The van der Waals surface area contributed by atoms with Crippen molar-refractivity contribution < 1.29 is 50.7 Å². The molecule has 0 aliphatic heterocycles. The van der Waals surface area contributed by atoms with Gasteiger partial charge in [-0.2, -0.15) is 11.1 Å². The summed E-state index contributed by atoms with van der Waals surface area (Å²) in [4.78, 5) is 0. The quantitative estimate of drug-likeness (QED) is 0.369. The Morgan fingerprint density at radius 1 is 1.00 bits per heavy atom. The summed E-state index contributed by atoms with van der Waals surface area (Å²) in [6, 6.07) is 0. The normalized spacial score (nSPS) is 13.8. The van der Waals surface area contributed by atoms with Crippen LogP contribution in [-0.2, 0) is 25.8 Å². The average molecular weight is 399 g/mol. The molecule has 0 fully saturated rings. The first-order valence-electron chi connectivity index (χ1n) is 4.64. The zero-order valence-electron chi connectivity index (χ0n) is 9.08. The Morgan fingerprint density at radius 2 is 1.57 bits per heavy atom. The van der Waals surface area contributed by atoms with Crippen LogP contribution < -0.4 is 24.8 Å². The van der Waals surface area contributed by atoms with E-state index in [1.165, 1.54) is 18.4 Å². The van der Waals surface area contributed by atoms with Crippen molar-refractivity contribution in [2.24, 2.45) is 0 Å². The number of rotatable bonds is 3. The molecule has 0 bridgehead atoms. The van der Waals surface area contributed by atoms with Crippen LogP contribution in [0.25, 0.3) is 0 Å². The van der Waals surface area contributed by atoms with Crippen LogP contribution in [0.2, 0.25) is 0 Å². The minimum Gasteiger partial charge on any atom is -1.00 e. The van der Waals surface area contributed by atoms with Gasteiger partial charge in [-0.15, -0.1) is 6.42 Å². The number of halogens is 2.